The molecule has 0 bridgehead atoms. The summed E-state index contributed by atoms with van der Waals surface area (Å²) >= 11 is 5.16. The summed E-state index contributed by atoms with van der Waals surface area (Å²) in [4.78, 5) is 12.3. The van der Waals surface area contributed by atoms with Crippen LogP contribution < -0.4 is 4.90 Å². The summed E-state index contributed by atoms with van der Waals surface area (Å²) in [7, 11) is 0. The summed E-state index contributed by atoms with van der Waals surface area (Å²) in [5.41, 5.74) is 2.40. The maximum Gasteiger partial charge on any atom is 0.141 e. The van der Waals surface area contributed by atoms with Gasteiger partial charge >= 0.3 is 0 Å². The largest absolute Gasteiger partial charge is 0.378 e. The number of hydrogen-bond acceptors (Lipinski definition) is 5. The highest BCUT2D eigenvalue weighted by molar-refractivity contribution is 9.10. The van der Waals surface area contributed by atoms with Gasteiger partial charge in [0.1, 0.15) is 17.0 Å². The second-order valence-electron chi connectivity index (χ2n) is 5.13. The standard InChI is InChI=1S/C16H14BrN3OS/c17-12-3-1-11(2-4-12)13-9-22-16-14(13)15(18-10-19-16)20-5-7-21-8-6-20/h1-4,9-10H,5-8H2. The summed E-state index contributed by atoms with van der Waals surface area (Å²) in [5.74, 6) is 1.02. The topological polar surface area (TPSA) is 38.2 Å². The number of ether oxygens (including phenoxy) is 1. The lowest BCUT2D eigenvalue weighted by atomic mass is 10.1. The second kappa shape index (κ2) is 5.95. The molecule has 0 N–H and O–H groups in total. The van der Waals surface area contributed by atoms with Gasteiger partial charge in [0.25, 0.3) is 0 Å². The van der Waals surface area contributed by atoms with Crippen molar-refractivity contribution in [2.24, 2.45) is 0 Å². The highest BCUT2D eigenvalue weighted by Gasteiger charge is 2.19. The lowest BCUT2D eigenvalue weighted by Crippen LogP contribution is -2.36. The zero-order valence-corrected chi connectivity index (χ0v) is 14.2. The fourth-order valence-electron chi connectivity index (χ4n) is 2.72. The molecule has 0 radical (unpaired) electrons. The third-order valence-electron chi connectivity index (χ3n) is 3.82. The zero-order chi connectivity index (χ0) is 14.9. The number of halogens is 1. The Hall–Kier alpha value is -1.50. The van der Waals surface area contributed by atoms with Crippen LogP contribution in [0.1, 0.15) is 0 Å². The van der Waals surface area contributed by atoms with Crippen molar-refractivity contribution in [3.05, 3.63) is 40.4 Å². The van der Waals surface area contributed by atoms with E-state index in [2.05, 4.69) is 60.4 Å². The zero-order valence-electron chi connectivity index (χ0n) is 11.8. The van der Waals surface area contributed by atoms with E-state index >= 15 is 0 Å². The van der Waals surface area contributed by atoms with Gasteiger partial charge in [-0.3, -0.25) is 0 Å². The minimum Gasteiger partial charge on any atom is -0.378 e. The molecule has 3 aromatic rings. The van der Waals surface area contributed by atoms with Crippen LogP contribution >= 0.6 is 27.3 Å². The van der Waals surface area contributed by atoms with Crippen molar-refractivity contribution in [2.45, 2.75) is 0 Å². The molecule has 1 saturated heterocycles. The molecular weight excluding hydrogens is 362 g/mol. The first kappa shape index (κ1) is 14.1. The SMILES string of the molecule is Brc1ccc(-c2csc3ncnc(N4CCOCC4)c23)cc1. The summed E-state index contributed by atoms with van der Waals surface area (Å²) in [6.45, 7) is 3.26. The number of fused-ring (bicyclic) bond motifs is 1. The van der Waals surface area contributed by atoms with E-state index in [1.165, 1.54) is 11.1 Å². The molecule has 0 spiro atoms. The normalized spacial score (nSPS) is 15.4. The number of morpholine rings is 1. The van der Waals surface area contributed by atoms with E-state index in [0.717, 1.165) is 46.8 Å². The van der Waals surface area contributed by atoms with E-state index in [1.54, 1.807) is 17.7 Å². The molecule has 1 aromatic carbocycles. The first-order chi connectivity index (χ1) is 10.8. The van der Waals surface area contributed by atoms with Crippen LogP contribution in [-0.4, -0.2) is 36.3 Å². The molecule has 4 rings (SSSR count). The van der Waals surface area contributed by atoms with Crippen LogP contribution in [-0.2, 0) is 4.74 Å². The van der Waals surface area contributed by atoms with Gasteiger partial charge in [-0.05, 0) is 17.7 Å². The molecule has 112 valence electrons. The minimum atomic E-state index is 0.753. The van der Waals surface area contributed by atoms with E-state index in [4.69, 9.17) is 4.74 Å². The highest BCUT2D eigenvalue weighted by atomic mass is 79.9. The number of hydrogen-bond donors (Lipinski definition) is 0. The Morgan fingerprint density at radius 3 is 2.64 bits per heavy atom. The molecule has 6 heteroatoms. The molecule has 4 nitrogen and oxygen atoms in total. The van der Waals surface area contributed by atoms with Gasteiger partial charge in [-0.25, -0.2) is 9.97 Å². The lowest BCUT2D eigenvalue weighted by molar-refractivity contribution is 0.122. The Balaban J connectivity index is 1.87. The fraction of sp³-hybridized carbons (Fsp3) is 0.250. The number of anilines is 1. The Bertz CT molecular complexity index is 797. The van der Waals surface area contributed by atoms with Crippen molar-refractivity contribution in [3.63, 3.8) is 0 Å². The van der Waals surface area contributed by atoms with Gasteiger partial charge in [0.2, 0.25) is 0 Å². The number of nitrogens with zero attached hydrogens (tertiary/aromatic N) is 3. The van der Waals surface area contributed by atoms with E-state index in [0.29, 0.717) is 0 Å². The molecule has 1 fully saturated rings. The Labute approximate surface area is 140 Å². The molecule has 3 heterocycles. The number of aromatic nitrogens is 2. The second-order valence-corrected chi connectivity index (χ2v) is 6.91. The van der Waals surface area contributed by atoms with Crippen molar-refractivity contribution in [1.82, 2.24) is 9.97 Å². The van der Waals surface area contributed by atoms with Gasteiger partial charge in [-0.2, -0.15) is 0 Å². The van der Waals surface area contributed by atoms with Crippen molar-refractivity contribution in [3.8, 4) is 11.1 Å². The molecule has 0 aliphatic carbocycles. The quantitative estimate of drug-likeness (QED) is 0.679. The molecular formula is C16H14BrN3OS. The van der Waals surface area contributed by atoms with Crippen molar-refractivity contribution in [1.29, 1.82) is 0 Å². The molecule has 2 aromatic heterocycles. The minimum absolute atomic E-state index is 0.753. The van der Waals surface area contributed by atoms with E-state index in [9.17, 15) is 0 Å². The Kier molecular flexibility index (Phi) is 3.82. The average molecular weight is 376 g/mol. The third-order valence-corrected chi connectivity index (χ3v) is 5.23. The van der Waals surface area contributed by atoms with Crippen LogP contribution in [0.4, 0.5) is 5.82 Å². The van der Waals surface area contributed by atoms with E-state index < -0.39 is 0 Å². The predicted molar refractivity (Wildman–Crippen MR) is 93.6 cm³/mol. The molecule has 0 atom stereocenters. The molecule has 1 aliphatic rings. The maximum absolute atomic E-state index is 5.46. The Morgan fingerprint density at radius 2 is 1.86 bits per heavy atom. The average Bonchev–Trinajstić information content (AvgIpc) is 3.00. The van der Waals surface area contributed by atoms with E-state index in [1.807, 2.05) is 0 Å². The number of benzene rings is 1. The van der Waals surface area contributed by atoms with Crippen molar-refractivity contribution < 1.29 is 4.74 Å². The summed E-state index contributed by atoms with van der Waals surface area (Å²) in [6.07, 6.45) is 1.66. The summed E-state index contributed by atoms with van der Waals surface area (Å²) in [6, 6.07) is 8.39. The smallest absolute Gasteiger partial charge is 0.141 e. The monoisotopic (exact) mass is 375 g/mol. The van der Waals surface area contributed by atoms with Gasteiger partial charge in [-0.1, -0.05) is 28.1 Å². The van der Waals surface area contributed by atoms with Crippen LogP contribution in [0.15, 0.2) is 40.4 Å². The van der Waals surface area contributed by atoms with Gasteiger partial charge in [0.15, 0.2) is 0 Å². The number of thiophene rings is 1. The van der Waals surface area contributed by atoms with Crippen LogP contribution in [0.25, 0.3) is 21.3 Å². The molecule has 22 heavy (non-hydrogen) atoms. The number of rotatable bonds is 2. The first-order valence-corrected chi connectivity index (χ1v) is 8.81. The molecule has 0 amide bonds. The van der Waals surface area contributed by atoms with Crippen LogP contribution in [0.3, 0.4) is 0 Å². The van der Waals surface area contributed by atoms with Crippen LogP contribution in [0.2, 0.25) is 0 Å². The van der Waals surface area contributed by atoms with Gasteiger partial charge in [0, 0.05) is 28.5 Å². The van der Waals surface area contributed by atoms with Crippen LogP contribution in [0.5, 0.6) is 0 Å². The Morgan fingerprint density at radius 1 is 1.09 bits per heavy atom. The third kappa shape index (κ3) is 2.51. The van der Waals surface area contributed by atoms with Crippen molar-refractivity contribution in [2.75, 3.05) is 31.2 Å². The first-order valence-electron chi connectivity index (χ1n) is 7.14. The van der Waals surface area contributed by atoms with Gasteiger partial charge < -0.3 is 9.64 Å². The molecule has 0 unspecified atom stereocenters. The van der Waals surface area contributed by atoms with Gasteiger partial charge in [-0.15, -0.1) is 11.3 Å². The van der Waals surface area contributed by atoms with Crippen LogP contribution in [0, 0.1) is 0 Å². The fourth-order valence-corrected chi connectivity index (χ4v) is 3.89. The summed E-state index contributed by atoms with van der Waals surface area (Å²) < 4.78 is 6.54. The maximum atomic E-state index is 5.46. The van der Waals surface area contributed by atoms with Gasteiger partial charge in [0.05, 0.1) is 18.6 Å². The highest BCUT2D eigenvalue weighted by Crippen LogP contribution is 2.38. The molecule has 1 aliphatic heterocycles. The molecule has 0 saturated carbocycles. The van der Waals surface area contributed by atoms with Crippen molar-refractivity contribution >= 4 is 43.3 Å². The van der Waals surface area contributed by atoms with E-state index in [-0.39, 0.29) is 0 Å². The lowest BCUT2D eigenvalue weighted by Gasteiger charge is -2.28. The predicted octanol–water partition coefficient (Wildman–Crippen LogP) is 3.96. The summed E-state index contributed by atoms with van der Waals surface area (Å²) in [5, 5.41) is 3.32.